The van der Waals surface area contributed by atoms with Gasteiger partial charge in [0, 0.05) is 19.0 Å². The Kier molecular flexibility index (Phi) is 5.99. The van der Waals surface area contributed by atoms with Crippen LogP contribution in [0.3, 0.4) is 0 Å². The number of carboxylic acids is 1. The first-order valence-corrected chi connectivity index (χ1v) is 7.48. The van der Waals surface area contributed by atoms with Crippen LogP contribution in [0.5, 0.6) is 0 Å². The van der Waals surface area contributed by atoms with Gasteiger partial charge < -0.3 is 15.7 Å². The van der Waals surface area contributed by atoms with Gasteiger partial charge in [-0.25, -0.2) is 4.79 Å². The summed E-state index contributed by atoms with van der Waals surface area (Å²) >= 11 is 0. The topological polar surface area (TPSA) is 83.6 Å². The number of aliphatic carboxylic acids is 1. The number of nitrogens with two attached hydrogens (primary N) is 1. The molecule has 0 aromatic heterocycles. The molecular weight excluding hydrogens is 256 g/mol. The van der Waals surface area contributed by atoms with Crippen molar-refractivity contribution in [1.82, 2.24) is 4.90 Å². The van der Waals surface area contributed by atoms with E-state index in [1.807, 2.05) is 0 Å². The minimum Gasteiger partial charge on any atom is -0.480 e. The molecular formula is C15H28N2O3. The van der Waals surface area contributed by atoms with Gasteiger partial charge >= 0.3 is 5.97 Å². The summed E-state index contributed by atoms with van der Waals surface area (Å²) in [6.45, 7) is 6.80. The second-order valence-electron chi connectivity index (χ2n) is 7.02. The minimum atomic E-state index is -0.898. The van der Waals surface area contributed by atoms with Gasteiger partial charge in [0.05, 0.1) is 0 Å². The SMILES string of the molecule is CC(C)(C)CC(N)CC(=O)N1CCCCCC1C(=O)O. The minimum absolute atomic E-state index is 0.0741. The lowest BCUT2D eigenvalue weighted by Gasteiger charge is -2.29. The predicted molar refractivity (Wildman–Crippen MR) is 78.3 cm³/mol. The fourth-order valence-electron chi connectivity index (χ4n) is 2.86. The van der Waals surface area contributed by atoms with Crippen molar-refractivity contribution in [3.8, 4) is 0 Å². The molecule has 5 nitrogen and oxygen atoms in total. The third-order valence-corrected chi connectivity index (χ3v) is 3.67. The Morgan fingerprint density at radius 3 is 2.50 bits per heavy atom. The lowest BCUT2D eigenvalue weighted by Crippen LogP contribution is -2.46. The molecule has 0 spiro atoms. The van der Waals surface area contributed by atoms with Crippen molar-refractivity contribution in [2.45, 2.75) is 71.4 Å². The average Bonchev–Trinajstić information content (AvgIpc) is 2.50. The average molecular weight is 284 g/mol. The first-order chi connectivity index (χ1) is 9.20. The van der Waals surface area contributed by atoms with E-state index in [1.165, 1.54) is 4.90 Å². The molecule has 0 aromatic rings. The largest absolute Gasteiger partial charge is 0.480 e. The Morgan fingerprint density at radius 2 is 1.95 bits per heavy atom. The molecule has 20 heavy (non-hydrogen) atoms. The summed E-state index contributed by atoms with van der Waals surface area (Å²) in [5.41, 5.74) is 6.11. The monoisotopic (exact) mass is 284 g/mol. The second kappa shape index (κ2) is 7.07. The van der Waals surface area contributed by atoms with Crippen LogP contribution in [0.1, 0.15) is 59.3 Å². The molecule has 0 saturated carbocycles. The molecule has 1 saturated heterocycles. The van der Waals surface area contributed by atoms with Gasteiger partial charge in [-0.05, 0) is 24.7 Å². The van der Waals surface area contributed by atoms with Gasteiger partial charge in [-0.1, -0.05) is 33.6 Å². The molecule has 0 radical (unpaired) electrons. The van der Waals surface area contributed by atoms with Gasteiger partial charge in [0.15, 0.2) is 0 Å². The van der Waals surface area contributed by atoms with Crippen molar-refractivity contribution in [2.24, 2.45) is 11.1 Å². The van der Waals surface area contributed by atoms with E-state index >= 15 is 0 Å². The van der Waals surface area contributed by atoms with E-state index in [9.17, 15) is 14.7 Å². The van der Waals surface area contributed by atoms with Crippen molar-refractivity contribution in [2.75, 3.05) is 6.54 Å². The molecule has 1 aliphatic rings. The molecule has 1 fully saturated rings. The number of nitrogens with zero attached hydrogens (tertiary/aromatic N) is 1. The quantitative estimate of drug-likeness (QED) is 0.827. The first kappa shape index (κ1) is 17.0. The number of carbonyl (C=O) groups is 2. The van der Waals surface area contributed by atoms with Crippen molar-refractivity contribution < 1.29 is 14.7 Å². The third-order valence-electron chi connectivity index (χ3n) is 3.67. The third kappa shape index (κ3) is 5.49. The number of carbonyl (C=O) groups excluding carboxylic acids is 1. The molecule has 1 aliphatic heterocycles. The molecule has 5 heteroatoms. The second-order valence-corrected chi connectivity index (χ2v) is 7.02. The molecule has 2 unspecified atom stereocenters. The van der Waals surface area contributed by atoms with Gasteiger partial charge in [-0.15, -0.1) is 0 Å². The number of rotatable bonds is 4. The molecule has 3 N–H and O–H groups in total. The van der Waals surface area contributed by atoms with Gasteiger partial charge in [-0.2, -0.15) is 0 Å². The van der Waals surface area contributed by atoms with Crippen LogP contribution >= 0.6 is 0 Å². The molecule has 0 aromatic carbocycles. The zero-order valence-electron chi connectivity index (χ0n) is 12.9. The Hall–Kier alpha value is -1.10. The molecule has 0 bridgehead atoms. The van der Waals surface area contributed by atoms with Crippen LogP contribution in [0.4, 0.5) is 0 Å². The zero-order chi connectivity index (χ0) is 15.3. The Morgan fingerprint density at radius 1 is 1.30 bits per heavy atom. The van der Waals surface area contributed by atoms with E-state index in [4.69, 9.17) is 5.73 Å². The van der Waals surface area contributed by atoms with Crippen LogP contribution in [0.15, 0.2) is 0 Å². The van der Waals surface area contributed by atoms with E-state index < -0.39 is 12.0 Å². The maximum Gasteiger partial charge on any atom is 0.326 e. The Bertz CT molecular complexity index is 350. The number of likely N-dealkylation sites (tertiary alicyclic amines) is 1. The summed E-state index contributed by atoms with van der Waals surface area (Å²) in [5.74, 6) is -1.01. The lowest BCUT2D eigenvalue weighted by molar-refractivity contribution is -0.150. The van der Waals surface area contributed by atoms with E-state index in [-0.39, 0.29) is 23.8 Å². The summed E-state index contributed by atoms with van der Waals surface area (Å²) in [6, 6.07) is -0.882. The highest BCUT2D eigenvalue weighted by Crippen LogP contribution is 2.23. The summed E-state index contributed by atoms with van der Waals surface area (Å²) < 4.78 is 0. The lowest BCUT2D eigenvalue weighted by atomic mass is 9.87. The van der Waals surface area contributed by atoms with Crippen LogP contribution in [0, 0.1) is 5.41 Å². The highest BCUT2D eigenvalue weighted by Gasteiger charge is 2.31. The Labute approximate surface area is 121 Å². The smallest absolute Gasteiger partial charge is 0.326 e. The molecule has 1 rings (SSSR count). The Balaban J connectivity index is 2.65. The maximum atomic E-state index is 12.3. The van der Waals surface area contributed by atoms with Crippen molar-refractivity contribution in [1.29, 1.82) is 0 Å². The van der Waals surface area contributed by atoms with E-state index in [1.54, 1.807) is 0 Å². The van der Waals surface area contributed by atoms with Gasteiger partial charge in [-0.3, -0.25) is 4.79 Å². The number of hydrogen-bond acceptors (Lipinski definition) is 3. The highest BCUT2D eigenvalue weighted by atomic mass is 16.4. The molecule has 2 atom stereocenters. The maximum absolute atomic E-state index is 12.3. The number of carboxylic acid groups (broad SMARTS) is 1. The summed E-state index contributed by atoms with van der Waals surface area (Å²) in [5, 5.41) is 9.28. The normalized spacial score (nSPS) is 22.2. The molecule has 1 heterocycles. The predicted octanol–water partition coefficient (Wildman–Crippen LogP) is 2.00. The molecule has 116 valence electrons. The van der Waals surface area contributed by atoms with E-state index in [2.05, 4.69) is 20.8 Å². The van der Waals surface area contributed by atoms with Gasteiger partial charge in [0.1, 0.15) is 6.04 Å². The summed E-state index contributed by atoms with van der Waals surface area (Å²) in [6.07, 6.45) is 4.28. The van der Waals surface area contributed by atoms with E-state index in [0.29, 0.717) is 13.0 Å². The van der Waals surface area contributed by atoms with Crippen molar-refractivity contribution >= 4 is 11.9 Å². The standard InChI is InChI=1S/C15H28N2O3/c1-15(2,3)10-11(16)9-13(18)17-8-6-4-5-7-12(17)14(19)20/h11-12H,4-10,16H2,1-3H3,(H,19,20). The van der Waals surface area contributed by atoms with Crippen molar-refractivity contribution in [3.05, 3.63) is 0 Å². The molecule has 0 aliphatic carbocycles. The number of amides is 1. The van der Waals surface area contributed by atoms with Crippen LogP contribution in [-0.4, -0.2) is 40.5 Å². The summed E-state index contributed by atoms with van der Waals surface area (Å²) in [7, 11) is 0. The van der Waals surface area contributed by atoms with E-state index in [0.717, 1.165) is 25.7 Å². The van der Waals surface area contributed by atoms with Crippen LogP contribution in [0.2, 0.25) is 0 Å². The van der Waals surface area contributed by atoms with Crippen LogP contribution in [-0.2, 0) is 9.59 Å². The van der Waals surface area contributed by atoms with Crippen LogP contribution in [0.25, 0.3) is 0 Å². The van der Waals surface area contributed by atoms with Gasteiger partial charge in [0.25, 0.3) is 0 Å². The highest BCUT2D eigenvalue weighted by molar-refractivity contribution is 5.84. The fourth-order valence-corrected chi connectivity index (χ4v) is 2.86. The number of hydrogen-bond donors (Lipinski definition) is 2. The zero-order valence-corrected chi connectivity index (χ0v) is 12.9. The molecule has 1 amide bonds. The van der Waals surface area contributed by atoms with Gasteiger partial charge in [0.2, 0.25) is 5.91 Å². The van der Waals surface area contributed by atoms with Crippen molar-refractivity contribution in [3.63, 3.8) is 0 Å². The summed E-state index contributed by atoms with van der Waals surface area (Å²) in [4.78, 5) is 25.2. The van der Waals surface area contributed by atoms with Crippen LogP contribution < -0.4 is 5.73 Å². The first-order valence-electron chi connectivity index (χ1n) is 7.48. The fraction of sp³-hybridized carbons (Fsp3) is 0.867.